The van der Waals surface area contributed by atoms with Gasteiger partial charge in [-0.3, -0.25) is 0 Å². The van der Waals surface area contributed by atoms with E-state index in [2.05, 4.69) is 23.1 Å². The number of hydrogen-bond acceptors (Lipinski definition) is 2. The van der Waals surface area contributed by atoms with E-state index < -0.39 is 0 Å². The van der Waals surface area contributed by atoms with Crippen LogP contribution in [0.25, 0.3) is 0 Å². The first-order valence-electron chi connectivity index (χ1n) is 4.42. The lowest BCUT2D eigenvalue weighted by molar-refractivity contribution is 0.335. The molecule has 0 saturated heterocycles. The van der Waals surface area contributed by atoms with E-state index in [0.29, 0.717) is 6.42 Å². The highest BCUT2D eigenvalue weighted by molar-refractivity contribution is 5.14. The molecule has 0 N–H and O–H groups in total. The molecule has 0 aliphatic heterocycles. The van der Waals surface area contributed by atoms with Crippen molar-refractivity contribution in [3.05, 3.63) is 35.9 Å². The average molecular weight is 174 g/mol. The quantitative estimate of drug-likeness (QED) is 0.698. The lowest BCUT2D eigenvalue weighted by Gasteiger charge is -2.14. The normalized spacial score (nSPS) is 9.92. The number of nitrogens with zero attached hydrogens (tertiary/aromatic N) is 2. The maximum Gasteiger partial charge on any atom is 0.0635 e. The van der Waals surface area contributed by atoms with E-state index in [4.69, 9.17) is 5.26 Å². The van der Waals surface area contributed by atoms with Crippen LogP contribution < -0.4 is 0 Å². The van der Waals surface area contributed by atoms with E-state index in [1.165, 1.54) is 5.56 Å². The van der Waals surface area contributed by atoms with E-state index in [1.807, 2.05) is 25.2 Å². The van der Waals surface area contributed by atoms with Gasteiger partial charge in [-0.25, -0.2) is 0 Å². The van der Waals surface area contributed by atoms with Crippen molar-refractivity contribution in [2.75, 3.05) is 13.6 Å². The monoisotopic (exact) mass is 174 g/mol. The van der Waals surface area contributed by atoms with Gasteiger partial charge in [0.25, 0.3) is 0 Å². The Morgan fingerprint density at radius 2 is 2.00 bits per heavy atom. The van der Waals surface area contributed by atoms with Crippen LogP contribution in [0.1, 0.15) is 12.0 Å². The van der Waals surface area contributed by atoms with Crippen LogP contribution in [0.15, 0.2) is 30.3 Å². The van der Waals surface area contributed by atoms with Gasteiger partial charge >= 0.3 is 0 Å². The largest absolute Gasteiger partial charge is 0.301 e. The van der Waals surface area contributed by atoms with Crippen molar-refractivity contribution in [1.29, 1.82) is 5.26 Å². The van der Waals surface area contributed by atoms with Crippen molar-refractivity contribution in [3.63, 3.8) is 0 Å². The molecule has 0 heterocycles. The molecule has 2 nitrogen and oxygen atoms in total. The van der Waals surface area contributed by atoms with Crippen LogP contribution in [-0.2, 0) is 6.54 Å². The van der Waals surface area contributed by atoms with Gasteiger partial charge in [-0.2, -0.15) is 5.26 Å². The molecule has 0 atom stereocenters. The Balaban J connectivity index is 2.37. The zero-order valence-electron chi connectivity index (χ0n) is 7.90. The summed E-state index contributed by atoms with van der Waals surface area (Å²) in [4.78, 5) is 2.15. The van der Waals surface area contributed by atoms with Gasteiger partial charge < -0.3 is 4.90 Å². The second kappa shape index (κ2) is 5.34. The molecule has 0 aliphatic carbocycles. The molecule has 0 radical (unpaired) electrons. The highest BCUT2D eigenvalue weighted by atomic mass is 15.1. The molecule has 0 bridgehead atoms. The molecule has 0 fully saturated rings. The fourth-order valence-electron chi connectivity index (χ4n) is 1.22. The fraction of sp³-hybridized carbons (Fsp3) is 0.364. The highest BCUT2D eigenvalue weighted by Gasteiger charge is 1.97. The molecule has 0 saturated carbocycles. The molecule has 1 rings (SSSR count). The van der Waals surface area contributed by atoms with E-state index in [1.54, 1.807) is 0 Å². The topological polar surface area (TPSA) is 27.0 Å². The summed E-state index contributed by atoms with van der Waals surface area (Å²) in [5.74, 6) is 0. The molecular formula is C11H14N2. The molecule has 0 aromatic heterocycles. The second-order valence-corrected chi connectivity index (χ2v) is 3.13. The summed E-state index contributed by atoms with van der Waals surface area (Å²) in [5, 5.41) is 8.40. The van der Waals surface area contributed by atoms with Crippen LogP contribution in [0.2, 0.25) is 0 Å². The molecule has 2 heteroatoms. The number of benzene rings is 1. The molecule has 13 heavy (non-hydrogen) atoms. The van der Waals surface area contributed by atoms with Gasteiger partial charge in [0.05, 0.1) is 6.07 Å². The standard InChI is InChI=1S/C11H14N2/c1-13(9-5-8-12)10-11-6-3-2-4-7-11/h2-4,6-7H,5,9-10H2,1H3. The first kappa shape index (κ1) is 9.76. The smallest absolute Gasteiger partial charge is 0.0635 e. The molecule has 68 valence electrons. The molecular weight excluding hydrogens is 160 g/mol. The minimum atomic E-state index is 0.601. The van der Waals surface area contributed by atoms with Gasteiger partial charge in [-0.15, -0.1) is 0 Å². The Hall–Kier alpha value is -1.33. The van der Waals surface area contributed by atoms with E-state index in [0.717, 1.165) is 13.1 Å². The summed E-state index contributed by atoms with van der Waals surface area (Å²) in [6.07, 6.45) is 0.601. The van der Waals surface area contributed by atoms with Crippen molar-refractivity contribution >= 4 is 0 Å². The van der Waals surface area contributed by atoms with Crippen molar-refractivity contribution in [3.8, 4) is 6.07 Å². The van der Waals surface area contributed by atoms with Crippen LogP contribution in [0, 0.1) is 11.3 Å². The Kier molecular flexibility index (Phi) is 4.01. The maximum absolute atomic E-state index is 8.40. The lowest BCUT2D eigenvalue weighted by atomic mass is 10.2. The second-order valence-electron chi connectivity index (χ2n) is 3.13. The summed E-state index contributed by atoms with van der Waals surface area (Å²) < 4.78 is 0. The van der Waals surface area contributed by atoms with Gasteiger partial charge in [0.2, 0.25) is 0 Å². The summed E-state index contributed by atoms with van der Waals surface area (Å²) in [5.41, 5.74) is 1.29. The predicted octanol–water partition coefficient (Wildman–Crippen LogP) is 2.03. The van der Waals surface area contributed by atoms with Crippen LogP contribution in [0.4, 0.5) is 0 Å². The maximum atomic E-state index is 8.40. The SMILES string of the molecule is CN(CCC#N)Cc1ccccc1. The molecule has 1 aromatic rings. The van der Waals surface area contributed by atoms with Gasteiger partial charge in [0.15, 0.2) is 0 Å². The fourth-order valence-corrected chi connectivity index (χ4v) is 1.22. The summed E-state index contributed by atoms with van der Waals surface area (Å²) in [6.45, 7) is 1.76. The molecule has 0 spiro atoms. The molecule has 0 amide bonds. The Morgan fingerprint density at radius 1 is 1.31 bits per heavy atom. The Bertz CT molecular complexity index is 274. The lowest BCUT2D eigenvalue weighted by Crippen LogP contribution is -2.18. The number of rotatable bonds is 4. The van der Waals surface area contributed by atoms with Crippen molar-refractivity contribution < 1.29 is 0 Å². The van der Waals surface area contributed by atoms with Crippen LogP contribution >= 0.6 is 0 Å². The van der Waals surface area contributed by atoms with Gasteiger partial charge in [-0.05, 0) is 12.6 Å². The number of nitriles is 1. The third kappa shape index (κ3) is 3.73. The van der Waals surface area contributed by atoms with Gasteiger partial charge in [0.1, 0.15) is 0 Å². The minimum absolute atomic E-state index is 0.601. The first-order chi connectivity index (χ1) is 6.33. The number of hydrogen-bond donors (Lipinski definition) is 0. The van der Waals surface area contributed by atoms with Crippen molar-refractivity contribution in [2.24, 2.45) is 0 Å². The Morgan fingerprint density at radius 3 is 2.62 bits per heavy atom. The zero-order valence-corrected chi connectivity index (χ0v) is 7.90. The third-order valence-electron chi connectivity index (χ3n) is 1.90. The minimum Gasteiger partial charge on any atom is -0.301 e. The molecule has 1 aromatic carbocycles. The van der Waals surface area contributed by atoms with Gasteiger partial charge in [0, 0.05) is 19.5 Å². The first-order valence-corrected chi connectivity index (χ1v) is 4.42. The van der Waals surface area contributed by atoms with Gasteiger partial charge in [-0.1, -0.05) is 30.3 Å². The van der Waals surface area contributed by atoms with Crippen molar-refractivity contribution in [1.82, 2.24) is 4.90 Å². The zero-order chi connectivity index (χ0) is 9.52. The third-order valence-corrected chi connectivity index (χ3v) is 1.90. The van der Waals surface area contributed by atoms with Crippen molar-refractivity contribution in [2.45, 2.75) is 13.0 Å². The van der Waals surface area contributed by atoms with E-state index in [-0.39, 0.29) is 0 Å². The highest BCUT2D eigenvalue weighted by Crippen LogP contribution is 2.02. The average Bonchev–Trinajstić information content (AvgIpc) is 2.16. The van der Waals surface area contributed by atoms with Crippen LogP contribution in [-0.4, -0.2) is 18.5 Å². The van der Waals surface area contributed by atoms with Crippen LogP contribution in [0.5, 0.6) is 0 Å². The Labute approximate surface area is 79.4 Å². The predicted molar refractivity (Wildman–Crippen MR) is 53.0 cm³/mol. The van der Waals surface area contributed by atoms with E-state index in [9.17, 15) is 0 Å². The molecule has 0 aliphatic rings. The molecule has 0 unspecified atom stereocenters. The summed E-state index contributed by atoms with van der Waals surface area (Å²) in [7, 11) is 2.03. The summed E-state index contributed by atoms with van der Waals surface area (Å²) >= 11 is 0. The summed E-state index contributed by atoms with van der Waals surface area (Å²) in [6, 6.07) is 12.4. The van der Waals surface area contributed by atoms with E-state index >= 15 is 0 Å². The van der Waals surface area contributed by atoms with Crippen LogP contribution in [0.3, 0.4) is 0 Å².